The Morgan fingerprint density at radius 3 is 2.53 bits per heavy atom. The van der Waals surface area contributed by atoms with Crippen LogP contribution >= 0.6 is 0 Å². The monoisotopic (exact) mass is 264 g/mol. The zero-order valence-corrected chi connectivity index (χ0v) is 11.2. The van der Waals surface area contributed by atoms with E-state index in [0.717, 1.165) is 12.7 Å². The maximum Gasteiger partial charge on any atom is 0.237 e. The topological polar surface area (TPSA) is 86.7 Å². The molecular formula is C10H20N2O4S. The second-order valence-corrected chi connectivity index (χ2v) is 6.91. The van der Waals surface area contributed by atoms with Gasteiger partial charge in [0.1, 0.15) is 0 Å². The first-order chi connectivity index (χ1) is 7.59. The van der Waals surface area contributed by atoms with E-state index >= 15 is 0 Å². The Bertz CT molecular complexity index is 386. The highest BCUT2D eigenvalue weighted by Crippen LogP contribution is 2.26. The van der Waals surface area contributed by atoms with E-state index in [-0.39, 0.29) is 18.4 Å². The molecule has 7 heteroatoms. The number of carbonyl (C=O) groups is 1. The van der Waals surface area contributed by atoms with Crippen LogP contribution in [0.1, 0.15) is 20.3 Å². The van der Waals surface area contributed by atoms with Crippen molar-refractivity contribution in [3.63, 3.8) is 0 Å². The molecule has 0 aromatic carbocycles. The van der Waals surface area contributed by atoms with Crippen molar-refractivity contribution in [2.75, 3.05) is 25.9 Å². The molecule has 1 aliphatic rings. The lowest BCUT2D eigenvalue weighted by molar-refractivity contribution is -0.129. The highest BCUT2D eigenvalue weighted by atomic mass is 32.2. The molecule has 1 heterocycles. The molecule has 0 aromatic heterocycles. The maximum absolute atomic E-state index is 11.7. The van der Waals surface area contributed by atoms with Gasteiger partial charge in [0, 0.05) is 19.0 Å². The van der Waals surface area contributed by atoms with E-state index in [4.69, 9.17) is 0 Å². The number of nitrogens with one attached hydrogen (secondary N) is 1. The molecule has 1 fully saturated rings. The lowest BCUT2D eigenvalue weighted by Gasteiger charge is -2.25. The zero-order valence-electron chi connectivity index (χ0n) is 10.4. The molecule has 100 valence electrons. The lowest BCUT2D eigenvalue weighted by atomic mass is 9.90. The van der Waals surface area contributed by atoms with Gasteiger partial charge in [-0.15, -0.1) is 0 Å². The van der Waals surface area contributed by atoms with Gasteiger partial charge in [0.25, 0.3) is 0 Å². The van der Waals surface area contributed by atoms with E-state index in [9.17, 15) is 18.3 Å². The van der Waals surface area contributed by atoms with E-state index in [1.165, 1.54) is 0 Å². The Hall–Kier alpha value is -0.660. The second kappa shape index (κ2) is 4.91. The first-order valence-electron chi connectivity index (χ1n) is 5.54. The summed E-state index contributed by atoms with van der Waals surface area (Å²) >= 11 is 0. The molecule has 1 aliphatic heterocycles. The van der Waals surface area contributed by atoms with Gasteiger partial charge in [-0.25, -0.2) is 13.1 Å². The molecule has 0 aliphatic carbocycles. The van der Waals surface area contributed by atoms with E-state index in [0.29, 0.717) is 13.1 Å². The molecular weight excluding hydrogens is 244 g/mol. The molecule has 2 N–H and O–H groups in total. The van der Waals surface area contributed by atoms with Gasteiger partial charge in [0.2, 0.25) is 15.9 Å². The fraction of sp³-hybridized carbons (Fsp3) is 0.900. The number of nitrogens with zero attached hydrogens (tertiary/aromatic N) is 1. The van der Waals surface area contributed by atoms with Crippen LogP contribution in [-0.4, -0.2) is 55.8 Å². The van der Waals surface area contributed by atoms with Crippen LogP contribution in [0, 0.1) is 5.92 Å². The van der Waals surface area contributed by atoms with Crippen molar-refractivity contribution in [3.8, 4) is 0 Å². The van der Waals surface area contributed by atoms with Gasteiger partial charge in [-0.3, -0.25) is 4.79 Å². The third kappa shape index (κ3) is 4.61. The number of hydrogen-bond acceptors (Lipinski definition) is 4. The average Bonchev–Trinajstić information content (AvgIpc) is 2.60. The Morgan fingerprint density at radius 1 is 1.53 bits per heavy atom. The summed E-state index contributed by atoms with van der Waals surface area (Å²) < 4.78 is 23.9. The van der Waals surface area contributed by atoms with Crippen LogP contribution in [0.2, 0.25) is 0 Å². The van der Waals surface area contributed by atoms with Crippen molar-refractivity contribution in [3.05, 3.63) is 0 Å². The number of carbonyl (C=O) groups excluding carboxylic acids is 1. The number of hydrogen-bond donors (Lipinski definition) is 2. The summed E-state index contributed by atoms with van der Waals surface area (Å²) in [6.07, 6.45) is 1.76. The Labute approximate surface area is 102 Å². The van der Waals surface area contributed by atoms with Gasteiger partial charge in [-0.2, -0.15) is 0 Å². The number of rotatable bonds is 4. The van der Waals surface area contributed by atoms with Crippen LogP contribution in [0.3, 0.4) is 0 Å². The quantitative estimate of drug-likeness (QED) is 0.693. The standard InChI is InChI=1S/C10H20N2O4S/c1-10(2,14)8-4-5-12(7-8)9(13)6-11-17(3,15)16/h8,11,14H,4-7H2,1-3H3. The molecule has 1 amide bonds. The highest BCUT2D eigenvalue weighted by Gasteiger charge is 2.35. The molecule has 0 radical (unpaired) electrons. The Morgan fingerprint density at radius 2 is 2.12 bits per heavy atom. The SMILES string of the molecule is CC(C)(O)C1CCN(C(=O)CNS(C)(=O)=O)C1. The van der Waals surface area contributed by atoms with Gasteiger partial charge >= 0.3 is 0 Å². The van der Waals surface area contributed by atoms with Gasteiger partial charge in [0.05, 0.1) is 18.4 Å². The predicted molar refractivity (Wildman–Crippen MR) is 63.8 cm³/mol. The minimum atomic E-state index is -3.34. The van der Waals surface area contributed by atoms with Crippen LogP contribution in [0.25, 0.3) is 0 Å². The van der Waals surface area contributed by atoms with Crippen molar-refractivity contribution in [2.45, 2.75) is 25.9 Å². The maximum atomic E-state index is 11.7. The van der Waals surface area contributed by atoms with Crippen molar-refractivity contribution < 1.29 is 18.3 Å². The number of sulfonamides is 1. The van der Waals surface area contributed by atoms with Crippen LogP contribution in [0.5, 0.6) is 0 Å². The molecule has 1 atom stereocenters. The van der Waals surface area contributed by atoms with Crippen molar-refractivity contribution in [1.29, 1.82) is 0 Å². The summed E-state index contributed by atoms with van der Waals surface area (Å²) in [6.45, 7) is 4.28. The highest BCUT2D eigenvalue weighted by molar-refractivity contribution is 7.88. The summed E-state index contributed by atoms with van der Waals surface area (Å²) in [5.41, 5.74) is -0.806. The minimum absolute atomic E-state index is 0.0460. The smallest absolute Gasteiger partial charge is 0.237 e. The first kappa shape index (κ1) is 14.4. The normalized spacial score (nSPS) is 21.9. The van der Waals surface area contributed by atoms with Crippen LogP contribution in [-0.2, 0) is 14.8 Å². The third-order valence-corrected chi connectivity index (χ3v) is 3.69. The van der Waals surface area contributed by atoms with Crippen LogP contribution < -0.4 is 4.72 Å². The zero-order chi connectivity index (χ0) is 13.3. The summed E-state index contributed by atoms with van der Waals surface area (Å²) in [7, 11) is -3.34. The minimum Gasteiger partial charge on any atom is -0.390 e. The van der Waals surface area contributed by atoms with Gasteiger partial charge < -0.3 is 10.0 Å². The summed E-state index contributed by atoms with van der Waals surface area (Å²) in [4.78, 5) is 13.3. The largest absolute Gasteiger partial charge is 0.390 e. The molecule has 1 rings (SSSR count). The van der Waals surface area contributed by atoms with Crippen LogP contribution in [0.15, 0.2) is 0 Å². The van der Waals surface area contributed by atoms with Crippen molar-refractivity contribution >= 4 is 15.9 Å². The number of likely N-dealkylation sites (tertiary alicyclic amines) is 1. The van der Waals surface area contributed by atoms with Gasteiger partial charge in [0.15, 0.2) is 0 Å². The Kier molecular flexibility index (Phi) is 4.16. The van der Waals surface area contributed by atoms with E-state index in [1.54, 1.807) is 18.7 Å². The molecule has 1 saturated heterocycles. The molecule has 0 aromatic rings. The van der Waals surface area contributed by atoms with Gasteiger partial charge in [-0.05, 0) is 20.3 Å². The molecule has 0 bridgehead atoms. The number of amides is 1. The van der Waals surface area contributed by atoms with E-state index < -0.39 is 15.6 Å². The molecule has 1 unspecified atom stereocenters. The summed E-state index contributed by atoms with van der Waals surface area (Å²) in [5, 5.41) is 9.83. The fourth-order valence-corrected chi connectivity index (χ4v) is 2.25. The fourth-order valence-electron chi connectivity index (χ4n) is 1.87. The predicted octanol–water partition coefficient (Wildman–Crippen LogP) is -0.845. The van der Waals surface area contributed by atoms with Crippen molar-refractivity contribution in [1.82, 2.24) is 9.62 Å². The lowest BCUT2D eigenvalue weighted by Crippen LogP contribution is -2.40. The average molecular weight is 264 g/mol. The molecule has 0 saturated carbocycles. The summed E-state index contributed by atoms with van der Waals surface area (Å²) in [5.74, 6) is -0.202. The Balaban J connectivity index is 2.46. The first-order valence-corrected chi connectivity index (χ1v) is 7.43. The van der Waals surface area contributed by atoms with E-state index in [1.807, 2.05) is 0 Å². The second-order valence-electron chi connectivity index (χ2n) is 5.07. The molecule has 17 heavy (non-hydrogen) atoms. The van der Waals surface area contributed by atoms with Crippen molar-refractivity contribution in [2.24, 2.45) is 5.92 Å². The summed E-state index contributed by atoms with van der Waals surface area (Å²) in [6, 6.07) is 0. The van der Waals surface area contributed by atoms with E-state index in [2.05, 4.69) is 4.72 Å². The molecule has 0 spiro atoms. The van der Waals surface area contributed by atoms with Crippen LogP contribution in [0.4, 0.5) is 0 Å². The third-order valence-electron chi connectivity index (χ3n) is 3.03. The van der Waals surface area contributed by atoms with Gasteiger partial charge in [-0.1, -0.05) is 0 Å². The number of aliphatic hydroxyl groups is 1. The molecule has 6 nitrogen and oxygen atoms in total.